The minimum absolute atomic E-state index is 0.0639. The van der Waals surface area contributed by atoms with Gasteiger partial charge in [0.1, 0.15) is 13.2 Å². The molecule has 0 radical (unpaired) electrons. The molecule has 1 atom stereocenters. The van der Waals surface area contributed by atoms with Crippen LogP contribution in [0.3, 0.4) is 0 Å². The van der Waals surface area contributed by atoms with Gasteiger partial charge in [0.15, 0.2) is 6.10 Å². The van der Waals surface area contributed by atoms with Crippen LogP contribution in [0.2, 0.25) is 0 Å². The van der Waals surface area contributed by atoms with Crippen LogP contribution in [0.15, 0.2) is 0 Å². The average Bonchev–Trinajstić information content (AvgIpc) is 3.24. The summed E-state index contributed by atoms with van der Waals surface area (Å²) in [5, 5.41) is 0. The summed E-state index contributed by atoms with van der Waals surface area (Å²) in [6.07, 6.45) is 49.5. The first-order valence-electron chi connectivity index (χ1n) is 28.1. The van der Waals surface area contributed by atoms with E-state index < -0.39 is 6.10 Å². The van der Waals surface area contributed by atoms with E-state index in [2.05, 4.69) is 41.5 Å². The first-order chi connectivity index (χ1) is 30.6. The van der Waals surface area contributed by atoms with Gasteiger partial charge >= 0.3 is 17.9 Å². The molecule has 0 aromatic carbocycles. The van der Waals surface area contributed by atoms with E-state index in [0.29, 0.717) is 19.3 Å². The molecule has 0 aliphatic heterocycles. The van der Waals surface area contributed by atoms with Crippen LogP contribution in [0.4, 0.5) is 0 Å². The summed E-state index contributed by atoms with van der Waals surface area (Å²) >= 11 is 0. The first-order valence-corrected chi connectivity index (χ1v) is 28.1. The summed E-state index contributed by atoms with van der Waals surface area (Å²) in [4.78, 5) is 38.1. The molecule has 0 amide bonds. The van der Waals surface area contributed by atoms with Crippen molar-refractivity contribution in [2.45, 2.75) is 317 Å². The van der Waals surface area contributed by atoms with Crippen LogP contribution < -0.4 is 0 Å². The maximum Gasteiger partial charge on any atom is 0.306 e. The normalized spacial score (nSPS) is 12.1. The fraction of sp³-hybridized carbons (Fsp3) is 0.947. The number of hydrogen-bond acceptors (Lipinski definition) is 6. The van der Waals surface area contributed by atoms with Crippen molar-refractivity contribution in [1.29, 1.82) is 0 Å². The van der Waals surface area contributed by atoms with E-state index in [1.54, 1.807) is 0 Å². The quantitative estimate of drug-likeness (QED) is 0.0344. The maximum atomic E-state index is 12.8. The van der Waals surface area contributed by atoms with Crippen LogP contribution in [0.5, 0.6) is 0 Å². The molecule has 0 aliphatic rings. The van der Waals surface area contributed by atoms with E-state index in [-0.39, 0.29) is 31.1 Å². The van der Waals surface area contributed by atoms with E-state index in [1.807, 2.05) is 0 Å². The first kappa shape index (κ1) is 61.4. The van der Waals surface area contributed by atoms with Gasteiger partial charge in [0.05, 0.1) is 0 Å². The molecule has 0 aliphatic carbocycles. The molecular weight excluding hydrogens is 781 g/mol. The largest absolute Gasteiger partial charge is 0.462 e. The lowest BCUT2D eigenvalue weighted by Crippen LogP contribution is -2.30. The van der Waals surface area contributed by atoms with Gasteiger partial charge in [-0.3, -0.25) is 14.4 Å². The zero-order valence-corrected chi connectivity index (χ0v) is 43.4. The molecule has 0 saturated carbocycles. The number of ether oxygens (including phenoxy) is 3. The highest BCUT2D eigenvalue weighted by molar-refractivity contribution is 5.71. The third-order valence-corrected chi connectivity index (χ3v) is 12.9. The molecule has 63 heavy (non-hydrogen) atoms. The van der Waals surface area contributed by atoms with Gasteiger partial charge in [0.25, 0.3) is 0 Å². The molecule has 0 aromatic heterocycles. The SMILES string of the molecule is CC(C)CCCCCCCCCCCCCCCCC(=O)O[C@@H](COC(=O)CCCCCCCCCCCCCCCC(C)C)COC(=O)CCCCCCCCCCCC(C)C. The number of carbonyl (C=O) groups excluding carboxylic acids is 3. The second-order valence-electron chi connectivity index (χ2n) is 21.0. The molecule has 374 valence electrons. The van der Waals surface area contributed by atoms with Gasteiger partial charge in [-0.25, -0.2) is 0 Å². The van der Waals surface area contributed by atoms with Crippen LogP contribution >= 0.6 is 0 Å². The summed E-state index contributed by atoms with van der Waals surface area (Å²) < 4.78 is 16.9. The summed E-state index contributed by atoms with van der Waals surface area (Å²) in [6.45, 7) is 13.7. The number of esters is 3. The highest BCUT2D eigenvalue weighted by atomic mass is 16.6. The highest BCUT2D eigenvalue weighted by Gasteiger charge is 2.19. The van der Waals surface area contributed by atoms with Gasteiger partial charge < -0.3 is 14.2 Å². The minimum atomic E-state index is -0.763. The van der Waals surface area contributed by atoms with Crippen molar-refractivity contribution < 1.29 is 28.6 Å². The molecular formula is C57H110O6. The van der Waals surface area contributed by atoms with E-state index in [0.717, 1.165) is 75.5 Å². The Morgan fingerprint density at radius 2 is 0.460 bits per heavy atom. The van der Waals surface area contributed by atoms with Crippen LogP contribution in [0, 0.1) is 17.8 Å². The van der Waals surface area contributed by atoms with Crippen molar-refractivity contribution in [2.75, 3.05) is 13.2 Å². The number of hydrogen-bond donors (Lipinski definition) is 0. The van der Waals surface area contributed by atoms with Gasteiger partial charge in [-0.05, 0) is 37.0 Å². The summed E-state index contributed by atoms with van der Waals surface area (Å²) in [5.74, 6) is 1.64. The van der Waals surface area contributed by atoms with E-state index in [1.165, 1.54) is 193 Å². The standard InChI is InChI=1S/C57H110O6/c1-51(2)43-37-31-25-19-14-10-7-8-12-17-23-30-36-42-48-57(60)63-54(50-62-56(59)47-41-35-29-24-18-21-27-33-39-45-53(5)6)49-61-55(58)46-40-34-28-22-16-13-9-11-15-20-26-32-38-44-52(3)4/h51-54H,7-50H2,1-6H3/t54-/m0/s1. The van der Waals surface area contributed by atoms with Gasteiger partial charge in [-0.2, -0.15) is 0 Å². The molecule has 0 aromatic rings. The molecule has 0 fully saturated rings. The number of carbonyl (C=O) groups is 3. The van der Waals surface area contributed by atoms with Crippen molar-refractivity contribution in [3.63, 3.8) is 0 Å². The van der Waals surface area contributed by atoms with Gasteiger partial charge in [0.2, 0.25) is 0 Å². The molecule has 0 rings (SSSR count). The lowest BCUT2D eigenvalue weighted by molar-refractivity contribution is -0.167. The van der Waals surface area contributed by atoms with Crippen LogP contribution in [-0.4, -0.2) is 37.2 Å². The second kappa shape index (κ2) is 48.3. The summed E-state index contributed by atoms with van der Waals surface area (Å²) in [7, 11) is 0. The summed E-state index contributed by atoms with van der Waals surface area (Å²) in [5.41, 5.74) is 0. The van der Waals surface area contributed by atoms with Crippen molar-refractivity contribution in [3.8, 4) is 0 Å². The van der Waals surface area contributed by atoms with Gasteiger partial charge in [-0.1, -0.05) is 273 Å². The van der Waals surface area contributed by atoms with Crippen molar-refractivity contribution in [2.24, 2.45) is 17.8 Å². The molecule has 0 bridgehead atoms. The van der Waals surface area contributed by atoms with Crippen LogP contribution in [0.25, 0.3) is 0 Å². The van der Waals surface area contributed by atoms with Crippen LogP contribution in [0.1, 0.15) is 311 Å². The van der Waals surface area contributed by atoms with E-state index >= 15 is 0 Å². The third kappa shape index (κ3) is 51.3. The molecule has 6 heteroatoms. The molecule has 0 spiro atoms. The van der Waals surface area contributed by atoms with Crippen molar-refractivity contribution >= 4 is 17.9 Å². The fourth-order valence-corrected chi connectivity index (χ4v) is 8.65. The Kier molecular flexibility index (Phi) is 47.1. The number of unbranched alkanes of at least 4 members (excludes halogenated alkanes) is 33. The smallest absolute Gasteiger partial charge is 0.306 e. The molecule has 0 N–H and O–H groups in total. The molecule has 6 nitrogen and oxygen atoms in total. The lowest BCUT2D eigenvalue weighted by Gasteiger charge is -2.18. The van der Waals surface area contributed by atoms with E-state index in [4.69, 9.17) is 14.2 Å². The Hall–Kier alpha value is -1.59. The Bertz CT molecular complexity index is 976. The molecule has 0 saturated heterocycles. The second-order valence-corrected chi connectivity index (χ2v) is 21.0. The highest BCUT2D eigenvalue weighted by Crippen LogP contribution is 2.18. The summed E-state index contributed by atoms with van der Waals surface area (Å²) in [6, 6.07) is 0. The predicted molar refractivity (Wildman–Crippen MR) is 270 cm³/mol. The Balaban J connectivity index is 4.30. The minimum Gasteiger partial charge on any atom is -0.462 e. The Morgan fingerprint density at radius 1 is 0.270 bits per heavy atom. The average molecular weight is 892 g/mol. The predicted octanol–water partition coefficient (Wildman–Crippen LogP) is 18.3. The monoisotopic (exact) mass is 891 g/mol. The molecule has 0 unspecified atom stereocenters. The Morgan fingerprint density at radius 3 is 0.683 bits per heavy atom. The zero-order chi connectivity index (χ0) is 46.3. The maximum absolute atomic E-state index is 12.8. The topological polar surface area (TPSA) is 78.9 Å². The van der Waals surface area contributed by atoms with Crippen molar-refractivity contribution in [1.82, 2.24) is 0 Å². The van der Waals surface area contributed by atoms with Crippen LogP contribution in [-0.2, 0) is 28.6 Å². The third-order valence-electron chi connectivity index (χ3n) is 12.9. The van der Waals surface area contributed by atoms with Gasteiger partial charge in [0, 0.05) is 19.3 Å². The van der Waals surface area contributed by atoms with Gasteiger partial charge in [-0.15, -0.1) is 0 Å². The number of rotatable bonds is 50. The zero-order valence-electron chi connectivity index (χ0n) is 43.4. The lowest BCUT2D eigenvalue weighted by atomic mass is 10.0. The Labute approximate surface area is 393 Å². The van der Waals surface area contributed by atoms with E-state index in [9.17, 15) is 14.4 Å². The molecule has 0 heterocycles. The van der Waals surface area contributed by atoms with Crippen molar-refractivity contribution in [3.05, 3.63) is 0 Å². The fourth-order valence-electron chi connectivity index (χ4n) is 8.65.